The summed E-state index contributed by atoms with van der Waals surface area (Å²) in [5.74, 6) is 0.647. The Balaban J connectivity index is 1.95. The summed E-state index contributed by atoms with van der Waals surface area (Å²) in [5, 5.41) is 0.583. The second-order valence-electron chi connectivity index (χ2n) is 6.60. The van der Waals surface area contributed by atoms with Crippen molar-refractivity contribution < 1.29 is 4.79 Å². The van der Waals surface area contributed by atoms with Crippen LogP contribution in [0.25, 0.3) is 16.6 Å². The minimum atomic E-state index is -0.102. The number of hydrogen-bond acceptors (Lipinski definition) is 3. The van der Waals surface area contributed by atoms with Gasteiger partial charge in [-0.1, -0.05) is 25.5 Å². The van der Waals surface area contributed by atoms with E-state index in [-0.39, 0.29) is 11.5 Å². The quantitative estimate of drug-likeness (QED) is 0.666. The van der Waals surface area contributed by atoms with Crippen molar-refractivity contribution in [3.05, 3.63) is 70.3 Å². The molecule has 5 nitrogen and oxygen atoms in total. The highest BCUT2D eigenvalue weighted by Crippen LogP contribution is 2.15. The third-order valence-corrected chi connectivity index (χ3v) is 4.77. The summed E-state index contributed by atoms with van der Waals surface area (Å²) in [6.07, 6.45) is 2.05. The van der Waals surface area contributed by atoms with Gasteiger partial charge in [-0.3, -0.25) is 14.2 Å². The van der Waals surface area contributed by atoms with E-state index < -0.39 is 0 Å². The Hall–Kier alpha value is -2.95. The van der Waals surface area contributed by atoms with Crippen molar-refractivity contribution in [3.8, 4) is 5.69 Å². The zero-order chi connectivity index (χ0) is 19.4. The Morgan fingerprint density at radius 1 is 1.07 bits per heavy atom. The number of amides is 1. The maximum absolute atomic E-state index is 12.9. The fourth-order valence-electron chi connectivity index (χ4n) is 3.24. The van der Waals surface area contributed by atoms with Crippen LogP contribution in [-0.4, -0.2) is 33.4 Å². The van der Waals surface area contributed by atoms with Crippen LogP contribution in [0.1, 0.15) is 42.9 Å². The van der Waals surface area contributed by atoms with E-state index in [2.05, 4.69) is 11.9 Å². The molecule has 0 saturated carbocycles. The van der Waals surface area contributed by atoms with Crippen LogP contribution in [0.5, 0.6) is 0 Å². The average molecular weight is 363 g/mol. The van der Waals surface area contributed by atoms with E-state index in [1.165, 1.54) is 0 Å². The molecule has 0 aliphatic carbocycles. The number of fused-ring (bicyclic) bond motifs is 1. The highest BCUT2D eigenvalue weighted by atomic mass is 16.2. The van der Waals surface area contributed by atoms with Gasteiger partial charge in [0.15, 0.2) is 0 Å². The average Bonchev–Trinajstić information content (AvgIpc) is 2.69. The monoisotopic (exact) mass is 363 g/mol. The van der Waals surface area contributed by atoms with Gasteiger partial charge in [0.25, 0.3) is 11.5 Å². The van der Waals surface area contributed by atoms with E-state index >= 15 is 0 Å². The minimum absolute atomic E-state index is 0.0261. The van der Waals surface area contributed by atoms with Crippen LogP contribution < -0.4 is 5.56 Å². The smallest absolute Gasteiger partial charge is 0.265 e. The first-order valence-corrected chi connectivity index (χ1v) is 9.45. The number of nitrogens with zero attached hydrogens (tertiary/aromatic N) is 3. The summed E-state index contributed by atoms with van der Waals surface area (Å²) in [7, 11) is 0. The molecule has 1 amide bonds. The number of hydrogen-bond donors (Lipinski definition) is 0. The van der Waals surface area contributed by atoms with Gasteiger partial charge in [0, 0.05) is 18.7 Å². The zero-order valence-electron chi connectivity index (χ0n) is 16.1. The lowest BCUT2D eigenvalue weighted by Crippen LogP contribution is -2.31. The van der Waals surface area contributed by atoms with Crippen molar-refractivity contribution in [1.29, 1.82) is 0 Å². The molecule has 3 aromatic rings. The van der Waals surface area contributed by atoms with Crippen molar-refractivity contribution in [2.75, 3.05) is 13.1 Å². The van der Waals surface area contributed by atoms with Gasteiger partial charge < -0.3 is 4.90 Å². The van der Waals surface area contributed by atoms with Gasteiger partial charge in [-0.2, -0.15) is 0 Å². The first-order valence-electron chi connectivity index (χ1n) is 9.45. The highest BCUT2D eigenvalue weighted by Gasteiger charge is 2.15. The molecule has 140 valence electrons. The minimum Gasteiger partial charge on any atom is -0.339 e. The predicted molar refractivity (Wildman–Crippen MR) is 109 cm³/mol. The van der Waals surface area contributed by atoms with E-state index in [9.17, 15) is 9.59 Å². The van der Waals surface area contributed by atoms with Gasteiger partial charge >= 0.3 is 0 Å². The second kappa shape index (κ2) is 8.16. The van der Waals surface area contributed by atoms with Crippen LogP contribution in [0.3, 0.4) is 0 Å². The summed E-state index contributed by atoms with van der Waals surface area (Å²) in [6, 6.07) is 14.5. The Kier molecular flexibility index (Phi) is 5.69. The summed E-state index contributed by atoms with van der Waals surface area (Å²) in [4.78, 5) is 32.0. The molecule has 3 rings (SSSR count). The van der Waals surface area contributed by atoms with E-state index in [4.69, 9.17) is 0 Å². The summed E-state index contributed by atoms with van der Waals surface area (Å²) in [5.41, 5.74) is 1.94. The van der Waals surface area contributed by atoms with Crippen molar-refractivity contribution in [3.63, 3.8) is 0 Å². The number of aromatic nitrogens is 2. The SMILES string of the molecule is CCCCN(CC)C(=O)c1ccc(-n2c(C)nc3ccccc3c2=O)cc1. The van der Waals surface area contributed by atoms with Crippen LogP contribution in [0.4, 0.5) is 0 Å². The molecule has 0 aliphatic rings. The molecular weight excluding hydrogens is 338 g/mol. The van der Waals surface area contributed by atoms with Gasteiger partial charge in [-0.25, -0.2) is 4.98 Å². The molecule has 5 heteroatoms. The van der Waals surface area contributed by atoms with E-state index in [0.29, 0.717) is 34.5 Å². The molecule has 0 atom stereocenters. The van der Waals surface area contributed by atoms with Gasteiger partial charge in [0.05, 0.1) is 16.6 Å². The van der Waals surface area contributed by atoms with Gasteiger partial charge in [0.2, 0.25) is 0 Å². The van der Waals surface area contributed by atoms with Crippen LogP contribution >= 0.6 is 0 Å². The van der Waals surface area contributed by atoms with Crippen LogP contribution in [0.15, 0.2) is 53.3 Å². The van der Waals surface area contributed by atoms with Crippen LogP contribution in [0.2, 0.25) is 0 Å². The molecular formula is C22H25N3O2. The topological polar surface area (TPSA) is 55.2 Å². The Labute approximate surface area is 159 Å². The molecule has 1 aromatic heterocycles. The molecule has 0 fully saturated rings. The van der Waals surface area contributed by atoms with Gasteiger partial charge in [-0.05, 0) is 56.7 Å². The highest BCUT2D eigenvalue weighted by molar-refractivity contribution is 5.94. The Morgan fingerprint density at radius 3 is 2.44 bits per heavy atom. The standard InChI is InChI=1S/C22H25N3O2/c1-4-6-15-24(5-2)21(26)17-11-13-18(14-12-17)25-16(3)23-20-10-8-7-9-19(20)22(25)27/h7-14H,4-6,15H2,1-3H3. The van der Waals surface area contributed by atoms with Gasteiger partial charge in [0.1, 0.15) is 5.82 Å². The first-order chi connectivity index (χ1) is 13.1. The van der Waals surface area contributed by atoms with Gasteiger partial charge in [-0.15, -0.1) is 0 Å². The molecule has 0 bridgehead atoms. The lowest BCUT2D eigenvalue weighted by Gasteiger charge is -2.21. The number of rotatable bonds is 6. The second-order valence-corrected chi connectivity index (χ2v) is 6.60. The molecule has 2 aromatic carbocycles. The maximum atomic E-state index is 12.9. The number of para-hydroxylation sites is 1. The normalized spacial score (nSPS) is 10.9. The molecule has 1 heterocycles. The zero-order valence-corrected chi connectivity index (χ0v) is 16.1. The molecule has 0 N–H and O–H groups in total. The number of aryl methyl sites for hydroxylation is 1. The van der Waals surface area contributed by atoms with Crippen molar-refractivity contribution in [2.45, 2.75) is 33.6 Å². The van der Waals surface area contributed by atoms with E-state index in [1.54, 1.807) is 22.8 Å². The number of carbonyl (C=O) groups excluding carboxylic acids is 1. The number of benzene rings is 2. The van der Waals surface area contributed by atoms with E-state index in [1.807, 2.05) is 49.1 Å². The predicted octanol–water partition coefficient (Wildman–Crippen LogP) is 3.96. The molecule has 0 spiro atoms. The summed E-state index contributed by atoms with van der Waals surface area (Å²) < 4.78 is 1.59. The third kappa shape index (κ3) is 3.77. The number of unbranched alkanes of at least 4 members (excludes halogenated alkanes) is 1. The Bertz CT molecular complexity index is 1010. The summed E-state index contributed by atoms with van der Waals surface area (Å²) >= 11 is 0. The fraction of sp³-hybridized carbons (Fsp3) is 0.318. The molecule has 0 unspecified atom stereocenters. The fourth-order valence-corrected chi connectivity index (χ4v) is 3.24. The first kappa shape index (κ1) is 18.8. The molecule has 27 heavy (non-hydrogen) atoms. The lowest BCUT2D eigenvalue weighted by molar-refractivity contribution is 0.0762. The number of carbonyl (C=O) groups is 1. The molecule has 0 aliphatic heterocycles. The maximum Gasteiger partial charge on any atom is 0.265 e. The van der Waals surface area contributed by atoms with Crippen LogP contribution in [0, 0.1) is 6.92 Å². The van der Waals surface area contributed by atoms with E-state index in [0.717, 1.165) is 19.4 Å². The largest absolute Gasteiger partial charge is 0.339 e. The molecule has 0 saturated heterocycles. The molecule has 0 radical (unpaired) electrons. The lowest BCUT2D eigenvalue weighted by atomic mass is 10.1. The Morgan fingerprint density at radius 2 is 1.78 bits per heavy atom. The summed E-state index contributed by atoms with van der Waals surface area (Å²) in [6.45, 7) is 7.38. The van der Waals surface area contributed by atoms with Crippen molar-refractivity contribution in [2.24, 2.45) is 0 Å². The van der Waals surface area contributed by atoms with Crippen molar-refractivity contribution in [1.82, 2.24) is 14.5 Å². The van der Waals surface area contributed by atoms with Crippen molar-refractivity contribution >= 4 is 16.8 Å². The third-order valence-electron chi connectivity index (χ3n) is 4.77. The van der Waals surface area contributed by atoms with Crippen LogP contribution in [-0.2, 0) is 0 Å².